The number of hydrogen-bond acceptors (Lipinski definition) is 4. The van der Waals surface area contributed by atoms with E-state index in [1.165, 1.54) is 13.3 Å². The molecule has 5 nitrogen and oxygen atoms in total. The first-order valence-corrected chi connectivity index (χ1v) is 5.37. The highest BCUT2D eigenvalue weighted by atomic mass is 16.5. The van der Waals surface area contributed by atoms with E-state index in [1.54, 1.807) is 6.92 Å². The van der Waals surface area contributed by atoms with Crippen LogP contribution in [0.3, 0.4) is 0 Å². The molecule has 0 unspecified atom stereocenters. The van der Waals surface area contributed by atoms with Crippen molar-refractivity contribution in [2.75, 3.05) is 13.7 Å². The molecular weight excluding hydrogens is 222 g/mol. The van der Waals surface area contributed by atoms with Crippen LogP contribution in [-0.4, -0.2) is 29.8 Å². The average Bonchev–Trinajstić information content (AvgIpc) is 2.25. The van der Waals surface area contributed by atoms with Gasteiger partial charge in [0.1, 0.15) is 0 Å². The fourth-order valence-corrected chi connectivity index (χ4v) is 1.40. The van der Waals surface area contributed by atoms with E-state index >= 15 is 0 Å². The van der Waals surface area contributed by atoms with Gasteiger partial charge in [-0.3, -0.25) is 0 Å². The zero-order valence-corrected chi connectivity index (χ0v) is 10.5. The summed E-state index contributed by atoms with van der Waals surface area (Å²) in [6, 6.07) is 0. The third-order valence-electron chi connectivity index (χ3n) is 2.21. The number of aromatic carboxylic acids is 1. The van der Waals surface area contributed by atoms with Crippen molar-refractivity contribution < 1.29 is 19.4 Å². The maximum atomic E-state index is 10.9. The van der Waals surface area contributed by atoms with Crippen molar-refractivity contribution in [1.29, 1.82) is 0 Å². The van der Waals surface area contributed by atoms with E-state index < -0.39 is 5.97 Å². The number of aromatic nitrogens is 1. The molecule has 0 bridgehead atoms. The average molecular weight is 239 g/mol. The molecular formula is C12H17NO4. The van der Waals surface area contributed by atoms with Crippen molar-refractivity contribution in [2.24, 2.45) is 5.92 Å². The summed E-state index contributed by atoms with van der Waals surface area (Å²) in [5.74, 6) is 0.206. The van der Waals surface area contributed by atoms with Crippen LogP contribution in [0.25, 0.3) is 0 Å². The first-order chi connectivity index (χ1) is 7.97. The van der Waals surface area contributed by atoms with E-state index in [0.717, 1.165) is 0 Å². The molecule has 0 saturated heterocycles. The number of rotatable bonds is 5. The molecule has 0 spiro atoms. The number of carboxylic acids is 1. The van der Waals surface area contributed by atoms with Crippen molar-refractivity contribution in [3.63, 3.8) is 0 Å². The first kappa shape index (κ1) is 13.3. The van der Waals surface area contributed by atoms with Crippen LogP contribution in [0.2, 0.25) is 0 Å². The first-order valence-electron chi connectivity index (χ1n) is 5.37. The summed E-state index contributed by atoms with van der Waals surface area (Å²) in [4.78, 5) is 14.8. The van der Waals surface area contributed by atoms with Crippen LogP contribution in [0.1, 0.15) is 29.9 Å². The van der Waals surface area contributed by atoms with E-state index in [4.69, 9.17) is 14.6 Å². The van der Waals surface area contributed by atoms with E-state index in [0.29, 0.717) is 29.6 Å². The minimum absolute atomic E-state index is 0.0150. The predicted octanol–water partition coefficient (Wildman–Crippen LogP) is 2.13. The van der Waals surface area contributed by atoms with Crippen LogP contribution in [0.15, 0.2) is 6.20 Å². The lowest BCUT2D eigenvalue weighted by Crippen LogP contribution is -2.09. The summed E-state index contributed by atoms with van der Waals surface area (Å²) in [6.07, 6.45) is 1.39. The lowest BCUT2D eigenvalue weighted by Gasteiger charge is -2.14. The predicted molar refractivity (Wildman–Crippen MR) is 62.8 cm³/mol. The summed E-state index contributed by atoms with van der Waals surface area (Å²) in [7, 11) is 1.48. The third-order valence-corrected chi connectivity index (χ3v) is 2.21. The summed E-state index contributed by atoms with van der Waals surface area (Å²) in [5, 5.41) is 8.94. The second-order valence-corrected chi connectivity index (χ2v) is 4.14. The Kier molecular flexibility index (Phi) is 4.31. The molecule has 0 saturated carbocycles. The molecule has 1 rings (SSSR count). The van der Waals surface area contributed by atoms with Crippen molar-refractivity contribution in [3.05, 3.63) is 17.5 Å². The molecule has 1 N–H and O–H groups in total. The van der Waals surface area contributed by atoms with Gasteiger partial charge in [0.25, 0.3) is 0 Å². The molecule has 0 radical (unpaired) electrons. The van der Waals surface area contributed by atoms with Gasteiger partial charge in [0.15, 0.2) is 17.2 Å². The minimum Gasteiger partial charge on any atom is -0.492 e. The maximum Gasteiger partial charge on any atom is 0.354 e. The van der Waals surface area contributed by atoms with Crippen LogP contribution in [0, 0.1) is 12.8 Å². The second-order valence-electron chi connectivity index (χ2n) is 4.14. The molecule has 5 heteroatoms. The Balaban J connectivity index is 3.08. The zero-order valence-electron chi connectivity index (χ0n) is 10.5. The highest BCUT2D eigenvalue weighted by Crippen LogP contribution is 2.31. The Labute approximate surface area is 100 Å². The Bertz CT molecular complexity index is 415. The summed E-state index contributed by atoms with van der Waals surface area (Å²) >= 11 is 0. The number of carbonyl (C=O) groups is 1. The van der Waals surface area contributed by atoms with Gasteiger partial charge in [-0.05, 0) is 12.8 Å². The lowest BCUT2D eigenvalue weighted by molar-refractivity contribution is 0.0689. The van der Waals surface area contributed by atoms with Crippen molar-refractivity contribution in [3.8, 4) is 11.5 Å². The number of pyridine rings is 1. The van der Waals surface area contributed by atoms with E-state index in [2.05, 4.69) is 4.98 Å². The van der Waals surface area contributed by atoms with Crippen LogP contribution in [0.5, 0.6) is 11.5 Å². The molecule has 94 valence electrons. The Morgan fingerprint density at radius 3 is 2.65 bits per heavy atom. The molecule has 0 aliphatic rings. The second kappa shape index (κ2) is 5.52. The fraction of sp³-hybridized carbons (Fsp3) is 0.500. The van der Waals surface area contributed by atoms with Gasteiger partial charge in [0.05, 0.1) is 19.9 Å². The molecule has 0 fully saturated rings. The molecule has 1 aromatic heterocycles. The maximum absolute atomic E-state index is 10.9. The molecule has 0 amide bonds. The Morgan fingerprint density at radius 2 is 2.18 bits per heavy atom. The van der Waals surface area contributed by atoms with Gasteiger partial charge in [0.2, 0.25) is 0 Å². The van der Waals surface area contributed by atoms with Gasteiger partial charge in [-0.1, -0.05) is 13.8 Å². The molecule has 1 aromatic rings. The number of methoxy groups -OCH3 is 1. The standard InChI is InChI=1S/C12H17NO4/c1-7(2)6-17-9-5-13-10(12(14)15)8(3)11(9)16-4/h5,7H,6H2,1-4H3,(H,14,15). The summed E-state index contributed by atoms with van der Waals surface area (Å²) < 4.78 is 10.7. The van der Waals surface area contributed by atoms with Crippen LogP contribution in [-0.2, 0) is 0 Å². The highest BCUT2D eigenvalue weighted by Gasteiger charge is 2.17. The van der Waals surface area contributed by atoms with Crippen molar-refractivity contribution in [2.45, 2.75) is 20.8 Å². The highest BCUT2D eigenvalue weighted by molar-refractivity contribution is 5.88. The molecule has 0 atom stereocenters. The number of nitrogens with zero attached hydrogens (tertiary/aromatic N) is 1. The topological polar surface area (TPSA) is 68.7 Å². The van der Waals surface area contributed by atoms with Crippen molar-refractivity contribution >= 4 is 5.97 Å². The lowest BCUT2D eigenvalue weighted by atomic mass is 10.2. The monoisotopic (exact) mass is 239 g/mol. The van der Waals surface area contributed by atoms with Gasteiger partial charge in [-0.25, -0.2) is 9.78 Å². The van der Waals surface area contributed by atoms with E-state index in [-0.39, 0.29) is 5.69 Å². The largest absolute Gasteiger partial charge is 0.492 e. The number of hydrogen-bond donors (Lipinski definition) is 1. The smallest absolute Gasteiger partial charge is 0.354 e. The molecule has 0 aliphatic carbocycles. The summed E-state index contributed by atoms with van der Waals surface area (Å²) in [6.45, 7) is 6.23. The minimum atomic E-state index is -1.07. The van der Waals surface area contributed by atoms with Crippen LogP contribution < -0.4 is 9.47 Å². The van der Waals surface area contributed by atoms with Crippen LogP contribution >= 0.6 is 0 Å². The molecule has 0 aliphatic heterocycles. The fourth-order valence-electron chi connectivity index (χ4n) is 1.40. The zero-order chi connectivity index (χ0) is 13.0. The van der Waals surface area contributed by atoms with Gasteiger partial charge >= 0.3 is 5.97 Å². The van der Waals surface area contributed by atoms with Crippen molar-refractivity contribution in [1.82, 2.24) is 4.98 Å². The Hall–Kier alpha value is -1.78. The van der Waals surface area contributed by atoms with Gasteiger partial charge in [-0.2, -0.15) is 0 Å². The quantitative estimate of drug-likeness (QED) is 0.852. The Morgan fingerprint density at radius 1 is 1.53 bits per heavy atom. The van der Waals surface area contributed by atoms with E-state index in [9.17, 15) is 4.79 Å². The van der Waals surface area contributed by atoms with Gasteiger partial charge in [0, 0.05) is 5.56 Å². The summed E-state index contributed by atoms with van der Waals surface area (Å²) in [5.41, 5.74) is 0.458. The van der Waals surface area contributed by atoms with Gasteiger partial charge < -0.3 is 14.6 Å². The van der Waals surface area contributed by atoms with Gasteiger partial charge in [-0.15, -0.1) is 0 Å². The normalized spacial score (nSPS) is 10.4. The molecule has 0 aromatic carbocycles. The SMILES string of the molecule is COc1c(OCC(C)C)cnc(C(=O)O)c1C. The van der Waals surface area contributed by atoms with Crippen LogP contribution in [0.4, 0.5) is 0 Å². The molecule has 17 heavy (non-hydrogen) atoms. The number of ether oxygens (including phenoxy) is 2. The third kappa shape index (κ3) is 3.09. The molecule has 1 heterocycles. The van der Waals surface area contributed by atoms with E-state index in [1.807, 2.05) is 13.8 Å². The number of carboxylic acid groups (broad SMARTS) is 1.